The van der Waals surface area contributed by atoms with Gasteiger partial charge in [0.1, 0.15) is 5.82 Å². The molecule has 1 aliphatic rings. The van der Waals surface area contributed by atoms with Crippen LogP contribution in [0.5, 0.6) is 0 Å². The molecule has 0 unspecified atom stereocenters. The summed E-state index contributed by atoms with van der Waals surface area (Å²) in [5.74, 6) is 4.84. The van der Waals surface area contributed by atoms with Gasteiger partial charge in [0.25, 0.3) is 5.91 Å². The van der Waals surface area contributed by atoms with Gasteiger partial charge in [0, 0.05) is 12.1 Å². The topological polar surface area (TPSA) is 55.6 Å². The summed E-state index contributed by atoms with van der Waals surface area (Å²) in [4.78, 5) is 14.5. The molecule has 0 radical (unpaired) electrons. The van der Waals surface area contributed by atoms with E-state index in [0.29, 0.717) is 25.3 Å². The van der Waals surface area contributed by atoms with E-state index in [2.05, 4.69) is 11.8 Å². The van der Waals surface area contributed by atoms with Gasteiger partial charge in [-0.15, -0.1) is 0 Å². The van der Waals surface area contributed by atoms with Gasteiger partial charge >= 0.3 is 0 Å². The van der Waals surface area contributed by atoms with Gasteiger partial charge in [0.05, 0.1) is 30.9 Å². The number of nitrogens with two attached hydrogens (primary N) is 1. The van der Waals surface area contributed by atoms with Crippen molar-refractivity contribution in [1.82, 2.24) is 4.90 Å². The first kappa shape index (κ1) is 15.5. The van der Waals surface area contributed by atoms with Crippen LogP contribution in [0.25, 0.3) is 0 Å². The van der Waals surface area contributed by atoms with Crippen LogP contribution < -0.4 is 5.73 Å². The molecule has 0 bridgehead atoms. The number of nitrogens with zero attached hydrogens (tertiary/aromatic N) is 1. The van der Waals surface area contributed by atoms with Crippen molar-refractivity contribution in [2.24, 2.45) is 5.73 Å². The second kappa shape index (κ2) is 6.25. The van der Waals surface area contributed by atoms with E-state index in [1.807, 2.05) is 13.8 Å². The van der Waals surface area contributed by atoms with Crippen molar-refractivity contribution < 1.29 is 13.9 Å². The Balaban J connectivity index is 2.40. The highest BCUT2D eigenvalue weighted by Crippen LogP contribution is 2.23. The van der Waals surface area contributed by atoms with Gasteiger partial charge in [-0.3, -0.25) is 4.79 Å². The molecule has 4 nitrogen and oxygen atoms in total. The Hall–Kier alpha value is -1.90. The molecule has 0 aromatic heterocycles. The largest absolute Gasteiger partial charge is 0.377 e. The fourth-order valence-electron chi connectivity index (χ4n) is 2.33. The molecule has 1 fully saturated rings. The van der Waals surface area contributed by atoms with Crippen molar-refractivity contribution in [3.8, 4) is 11.8 Å². The molecule has 1 aromatic rings. The number of morpholine rings is 1. The van der Waals surface area contributed by atoms with Crippen LogP contribution in [0.4, 0.5) is 4.39 Å². The van der Waals surface area contributed by atoms with E-state index in [1.165, 1.54) is 18.2 Å². The Bertz CT molecular complexity index is 602. The molecule has 0 saturated carbocycles. The minimum absolute atomic E-state index is 0.189. The predicted octanol–water partition coefficient (Wildman–Crippen LogP) is 1.39. The Kier molecular flexibility index (Phi) is 4.61. The quantitative estimate of drug-likeness (QED) is 0.795. The molecule has 1 saturated heterocycles. The third-order valence-electron chi connectivity index (χ3n) is 3.43. The number of rotatable bonds is 1. The highest BCUT2D eigenvalue weighted by Gasteiger charge is 2.35. The molecule has 0 spiro atoms. The minimum Gasteiger partial charge on any atom is -0.377 e. The Morgan fingerprint density at radius 2 is 2.29 bits per heavy atom. The maximum absolute atomic E-state index is 13.5. The molecule has 112 valence electrons. The second-order valence-electron chi connectivity index (χ2n) is 5.52. The average molecular weight is 290 g/mol. The van der Waals surface area contributed by atoms with Crippen molar-refractivity contribution in [1.29, 1.82) is 0 Å². The molecule has 1 heterocycles. The van der Waals surface area contributed by atoms with Crippen LogP contribution in [-0.4, -0.2) is 42.6 Å². The Morgan fingerprint density at radius 3 is 2.95 bits per heavy atom. The molecule has 1 aromatic carbocycles. The predicted molar refractivity (Wildman–Crippen MR) is 78.3 cm³/mol. The summed E-state index contributed by atoms with van der Waals surface area (Å²) in [5.41, 5.74) is 5.69. The molecular formula is C16H19FN2O2. The fourth-order valence-corrected chi connectivity index (χ4v) is 2.33. The molecule has 2 rings (SSSR count). The van der Waals surface area contributed by atoms with Crippen LogP contribution in [-0.2, 0) is 4.74 Å². The van der Waals surface area contributed by atoms with E-state index in [1.54, 1.807) is 4.90 Å². The lowest BCUT2D eigenvalue weighted by atomic mass is 9.99. The SMILES string of the molecule is CC1(C)COCCN1C(=O)c1cc(F)ccc1C#CCN. The zero-order valence-corrected chi connectivity index (χ0v) is 12.3. The molecule has 1 aliphatic heterocycles. The lowest BCUT2D eigenvalue weighted by Crippen LogP contribution is -2.55. The second-order valence-corrected chi connectivity index (χ2v) is 5.52. The summed E-state index contributed by atoms with van der Waals surface area (Å²) in [7, 11) is 0. The normalized spacial score (nSPS) is 17.0. The van der Waals surface area contributed by atoms with E-state index in [-0.39, 0.29) is 18.0 Å². The van der Waals surface area contributed by atoms with E-state index >= 15 is 0 Å². The summed E-state index contributed by atoms with van der Waals surface area (Å²) in [5, 5.41) is 0. The minimum atomic E-state index is -0.456. The van der Waals surface area contributed by atoms with Crippen molar-refractivity contribution in [3.63, 3.8) is 0 Å². The monoisotopic (exact) mass is 290 g/mol. The van der Waals surface area contributed by atoms with Gasteiger partial charge in [-0.1, -0.05) is 11.8 Å². The lowest BCUT2D eigenvalue weighted by molar-refractivity contribution is -0.0370. The van der Waals surface area contributed by atoms with Gasteiger partial charge in [0.15, 0.2) is 0 Å². The third kappa shape index (κ3) is 3.41. The maximum atomic E-state index is 13.5. The summed E-state index contributed by atoms with van der Waals surface area (Å²) >= 11 is 0. The number of carbonyl (C=O) groups excluding carboxylic acids is 1. The van der Waals surface area contributed by atoms with Gasteiger partial charge < -0.3 is 15.4 Å². The first-order valence-corrected chi connectivity index (χ1v) is 6.84. The average Bonchev–Trinajstić information content (AvgIpc) is 2.45. The Morgan fingerprint density at radius 1 is 1.52 bits per heavy atom. The molecular weight excluding hydrogens is 271 g/mol. The zero-order chi connectivity index (χ0) is 15.5. The molecule has 5 heteroatoms. The van der Waals surface area contributed by atoms with Crippen LogP contribution in [0.1, 0.15) is 29.8 Å². The summed E-state index contributed by atoms with van der Waals surface area (Å²) in [6.07, 6.45) is 0. The van der Waals surface area contributed by atoms with Gasteiger partial charge in [0.2, 0.25) is 0 Å². The molecule has 0 atom stereocenters. The van der Waals surface area contributed by atoms with E-state index < -0.39 is 11.4 Å². The number of amides is 1. The molecule has 21 heavy (non-hydrogen) atoms. The van der Waals surface area contributed by atoms with Gasteiger partial charge in [-0.05, 0) is 32.0 Å². The Labute approximate surface area is 124 Å². The standard InChI is InChI=1S/C16H19FN2O2/c1-16(2)11-21-9-8-19(16)15(20)14-10-13(17)6-5-12(14)4-3-7-18/h5-6,10H,7-9,11,18H2,1-2H3. The number of hydrogen-bond donors (Lipinski definition) is 1. The van der Waals surface area contributed by atoms with E-state index in [9.17, 15) is 9.18 Å². The smallest absolute Gasteiger partial charge is 0.255 e. The van der Waals surface area contributed by atoms with Crippen molar-refractivity contribution in [2.45, 2.75) is 19.4 Å². The van der Waals surface area contributed by atoms with Crippen molar-refractivity contribution >= 4 is 5.91 Å². The number of halogens is 1. The highest BCUT2D eigenvalue weighted by molar-refractivity contribution is 5.97. The number of carbonyl (C=O) groups is 1. The number of benzene rings is 1. The van der Waals surface area contributed by atoms with Crippen LogP contribution in [0.15, 0.2) is 18.2 Å². The highest BCUT2D eigenvalue weighted by atomic mass is 19.1. The van der Waals surface area contributed by atoms with Crippen molar-refractivity contribution in [3.05, 3.63) is 35.1 Å². The third-order valence-corrected chi connectivity index (χ3v) is 3.43. The number of hydrogen-bond acceptors (Lipinski definition) is 3. The number of ether oxygens (including phenoxy) is 1. The van der Waals surface area contributed by atoms with Crippen LogP contribution >= 0.6 is 0 Å². The molecule has 2 N–H and O–H groups in total. The van der Waals surface area contributed by atoms with E-state index in [4.69, 9.17) is 10.5 Å². The van der Waals surface area contributed by atoms with Crippen LogP contribution in [0, 0.1) is 17.7 Å². The molecule has 1 amide bonds. The maximum Gasteiger partial charge on any atom is 0.255 e. The summed E-state index contributed by atoms with van der Waals surface area (Å²) in [6, 6.07) is 4.04. The fraction of sp³-hybridized carbons (Fsp3) is 0.438. The van der Waals surface area contributed by atoms with Gasteiger partial charge in [-0.2, -0.15) is 0 Å². The zero-order valence-electron chi connectivity index (χ0n) is 12.3. The van der Waals surface area contributed by atoms with E-state index in [0.717, 1.165) is 0 Å². The first-order chi connectivity index (χ1) is 9.95. The summed E-state index contributed by atoms with van der Waals surface area (Å²) in [6.45, 7) is 5.45. The first-order valence-electron chi connectivity index (χ1n) is 6.84. The van der Waals surface area contributed by atoms with Crippen LogP contribution in [0.2, 0.25) is 0 Å². The van der Waals surface area contributed by atoms with Crippen molar-refractivity contribution in [2.75, 3.05) is 26.3 Å². The summed E-state index contributed by atoms with van der Waals surface area (Å²) < 4.78 is 18.9. The molecule has 0 aliphatic carbocycles. The lowest BCUT2D eigenvalue weighted by Gasteiger charge is -2.42. The van der Waals surface area contributed by atoms with Crippen LogP contribution in [0.3, 0.4) is 0 Å². The van der Waals surface area contributed by atoms with Gasteiger partial charge in [-0.25, -0.2) is 4.39 Å².